The molecule has 0 bridgehead atoms. The zero-order valence-electron chi connectivity index (χ0n) is 20.0. The monoisotopic (exact) mass is 582 g/mol. The number of ether oxygens (including phenoxy) is 1. The van der Waals surface area contributed by atoms with E-state index in [0.29, 0.717) is 5.75 Å². The van der Waals surface area contributed by atoms with Gasteiger partial charge in [-0.05, 0) is 44.2 Å². The maximum Gasteiger partial charge on any atom is 0.431 e. The highest BCUT2D eigenvalue weighted by atomic mass is 35.5. The van der Waals surface area contributed by atoms with Crippen LogP contribution >= 0.6 is 35.1 Å². The smallest absolute Gasteiger partial charge is 0.431 e. The number of hydrogen-bond acceptors (Lipinski definition) is 7. The number of esters is 1. The predicted octanol–water partition coefficient (Wildman–Crippen LogP) is 4.82. The molecule has 0 N–H and O–H groups in total. The number of thioether (sulfide) groups is 2. The van der Waals surface area contributed by atoms with Gasteiger partial charge in [0.25, 0.3) is 5.56 Å². The summed E-state index contributed by atoms with van der Waals surface area (Å²) in [5.41, 5.74) is -5.11. The molecule has 0 spiro atoms. The highest BCUT2D eigenvalue weighted by Crippen LogP contribution is 2.51. The normalized spacial score (nSPS) is 14.6. The van der Waals surface area contributed by atoms with Crippen LogP contribution in [-0.2, 0) is 27.5 Å². The van der Waals surface area contributed by atoms with E-state index in [-0.39, 0.29) is 59.9 Å². The zero-order valence-corrected chi connectivity index (χ0v) is 22.4. The summed E-state index contributed by atoms with van der Waals surface area (Å²) in [5.74, 6) is -1.08. The molecule has 1 aliphatic rings. The number of nitrogens with zero attached hydrogens (tertiary/aromatic N) is 2. The van der Waals surface area contributed by atoms with E-state index in [4.69, 9.17) is 16.3 Å². The van der Waals surface area contributed by atoms with E-state index in [1.54, 1.807) is 13.8 Å². The largest absolute Gasteiger partial charge is 0.463 e. The van der Waals surface area contributed by atoms with Gasteiger partial charge in [-0.15, -0.1) is 11.8 Å². The van der Waals surface area contributed by atoms with Crippen LogP contribution in [0.2, 0.25) is 5.02 Å². The molecule has 2 aromatic rings. The fourth-order valence-electron chi connectivity index (χ4n) is 3.49. The van der Waals surface area contributed by atoms with E-state index in [9.17, 15) is 36.7 Å². The summed E-state index contributed by atoms with van der Waals surface area (Å²) >= 11 is 8.05. The van der Waals surface area contributed by atoms with Gasteiger partial charge in [-0.3, -0.25) is 19.0 Å². The van der Waals surface area contributed by atoms with Gasteiger partial charge in [0.15, 0.2) is 5.12 Å². The van der Waals surface area contributed by atoms with Crippen LogP contribution in [0.5, 0.6) is 0 Å². The van der Waals surface area contributed by atoms with Gasteiger partial charge in [0, 0.05) is 23.8 Å². The number of benzene rings is 1. The molecule has 0 unspecified atom stereocenters. The van der Waals surface area contributed by atoms with Gasteiger partial charge in [0.05, 0.1) is 29.0 Å². The van der Waals surface area contributed by atoms with Crippen molar-refractivity contribution in [1.29, 1.82) is 0 Å². The second-order valence-electron chi connectivity index (χ2n) is 8.94. The van der Waals surface area contributed by atoms with Crippen molar-refractivity contribution < 1.29 is 31.9 Å². The van der Waals surface area contributed by atoms with Crippen molar-refractivity contribution in [2.24, 2.45) is 12.5 Å². The standard InChI is InChI=1S/C23H23ClF4N2O5S2/c1-12(2)35-19(32)9-22(4-5-22)11-37-20(33)10-36-16-7-15(14(25)6-13(16)24)30-18(31)8-17(23(26,27)28)29(3)21(30)34/h6-8,12H,4-5,9-11H2,1-3H3. The maximum absolute atomic E-state index is 14.7. The van der Waals surface area contributed by atoms with Crippen LogP contribution in [0.3, 0.4) is 0 Å². The highest BCUT2D eigenvalue weighted by Gasteiger charge is 2.45. The van der Waals surface area contributed by atoms with Gasteiger partial charge in [0.1, 0.15) is 11.5 Å². The number of aromatic nitrogens is 2. The number of halogens is 5. The first-order valence-corrected chi connectivity index (χ1v) is 13.4. The third kappa shape index (κ3) is 7.20. The van der Waals surface area contributed by atoms with Crippen LogP contribution in [-0.4, -0.2) is 37.8 Å². The Morgan fingerprint density at radius 1 is 1.19 bits per heavy atom. The Morgan fingerprint density at radius 3 is 2.41 bits per heavy atom. The van der Waals surface area contributed by atoms with Gasteiger partial charge < -0.3 is 4.74 Å². The molecule has 7 nitrogen and oxygen atoms in total. The Morgan fingerprint density at radius 2 is 1.84 bits per heavy atom. The highest BCUT2D eigenvalue weighted by molar-refractivity contribution is 8.15. The molecule has 0 amide bonds. The van der Waals surface area contributed by atoms with Gasteiger partial charge in [-0.1, -0.05) is 23.4 Å². The van der Waals surface area contributed by atoms with Crippen molar-refractivity contribution in [3.8, 4) is 5.69 Å². The topological polar surface area (TPSA) is 87.4 Å². The third-order valence-electron chi connectivity index (χ3n) is 5.58. The molecule has 1 aliphatic carbocycles. The second kappa shape index (κ2) is 11.2. The minimum absolute atomic E-state index is 0.0953. The molecule has 0 saturated heterocycles. The van der Waals surface area contributed by atoms with Gasteiger partial charge >= 0.3 is 17.8 Å². The van der Waals surface area contributed by atoms with E-state index < -0.39 is 34.6 Å². The number of rotatable bonds is 9. The summed E-state index contributed by atoms with van der Waals surface area (Å²) in [6, 6.07) is 2.06. The Hall–Kier alpha value is -2.25. The average molecular weight is 583 g/mol. The Kier molecular flexibility index (Phi) is 8.90. The minimum Gasteiger partial charge on any atom is -0.463 e. The van der Waals surface area contributed by atoms with Crippen molar-refractivity contribution in [3.63, 3.8) is 0 Å². The van der Waals surface area contributed by atoms with Crippen molar-refractivity contribution in [2.75, 3.05) is 11.5 Å². The zero-order chi connectivity index (χ0) is 27.7. The predicted molar refractivity (Wildman–Crippen MR) is 133 cm³/mol. The number of alkyl halides is 3. The number of carbonyl (C=O) groups excluding carboxylic acids is 2. The molecule has 1 aromatic carbocycles. The van der Waals surface area contributed by atoms with Crippen molar-refractivity contribution in [1.82, 2.24) is 9.13 Å². The molecule has 0 atom stereocenters. The molecule has 37 heavy (non-hydrogen) atoms. The van der Waals surface area contributed by atoms with Gasteiger partial charge in [0.2, 0.25) is 0 Å². The van der Waals surface area contributed by atoms with E-state index in [0.717, 1.165) is 55.5 Å². The molecule has 0 radical (unpaired) electrons. The van der Waals surface area contributed by atoms with Crippen molar-refractivity contribution in [3.05, 3.63) is 55.6 Å². The Bertz CT molecular complexity index is 1340. The lowest BCUT2D eigenvalue weighted by Gasteiger charge is -2.16. The van der Waals surface area contributed by atoms with Gasteiger partial charge in [-0.2, -0.15) is 13.2 Å². The molecule has 1 aromatic heterocycles. The van der Waals surface area contributed by atoms with Crippen LogP contribution in [0.15, 0.2) is 32.7 Å². The summed E-state index contributed by atoms with van der Waals surface area (Å²) in [7, 11) is 0.815. The molecule has 202 valence electrons. The lowest BCUT2D eigenvalue weighted by molar-refractivity contribution is -0.148. The first-order valence-electron chi connectivity index (χ1n) is 11.0. The molecule has 0 aliphatic heterocycles. The SMILES string of the molecule is CC(C)OC(=O)CC1(CSC(=O)CSc2cc(-n3c(=O)cc(C(F)(F)F)n(C)c3=O)c(F)cc2Cl)CC1. The molecule has 1 heterocycles. The average Bonchev–Trinajstić information content (AvgIpc) is 3.53. The lowest BCUT2D eigenvalue weighted by atomic mass is 10.1. The van der Waals surface area contributed by atoms with E-state index >= 15 is 0 Å². The third-order valence-corrected chi connectivity index (χ3v) is 8.47. The Labute approximate surface area is 222 Å². The summed E-state index contributed by atoms with van der Waals surface area (Å²) in [6.07, 6.45) is -3.35. The Balaban J connectivity index is 1.74. The summed E-state index contributed by atoms with van der Waals surface area (Å²) in [5, 5.41) is -0.339. The van der Waals surface area contributed by atoms with E-state index in [1.807, 2.05) is 0 Å². The van der Waals surface area contributed by atoms with Crippen LogP contribution in [0, 0.1) is 11.2 Å². The van der Waals surface area contributed by atoms with Crippen molar-refractivity contribution >= 4 is 46.2 Å². The molecular formula is C23H23ClF4N2O5S2. The molecule has 14 heteroatoms. The first kappa shape index (κ1) is 29.3. The minimum atomic E-state index is -4.96. The number of hydrogen-bond donors (Lipinski definition) is 0. The van der Waals surface area contributed by atoms with Crippen LogP contribution in [0.1, 0.15) is 38.8 Å². The fraction of sp³-hybridized carbons (Fsp3) is 0.478. The quantitative estimate of drug-likeness (QED) is 0.238. The molecule has 1 fully saturated rings. The summed E-state index contributed by atoms with van der Waals surface area (Å²) < 4.78 is 59.6. The lowest BCUT2D eigenvalue weighted by Crippen LogP contribution is -2.41. The van der Waals surface area contributed by atoms with Crippen molar-refractivity contribution in [2.45, 2.75) is 50.3 Å². The van der Waals surface area contributed by atoms with Crippen LogP contribution in [0.25, 0.3) is 5.69 Å². The molecule has 1 saturated carbocycles. The number of carbonyl (C=O) groups is 2. The first-order chi connectivity index (χ1) is 17.1. The maximum atomic E-state index is 14.7. The van der Waals surface area contributed by atoms with Gasteiger partial charge in [-0.25, -0.2) is 13.8 Å². The van der Waals surface area contributed by atoms with Crippen LogP contribution < -0.4 is 11.2 Å². The van der Waals surface area contributed by atoms with Crippen LogP contribution in [0.4, 0.5) is 17.6 Å². The summed E-state index contributed by atoms with van der Waals surface area (Å²) in [6.45, 7) is 3.51. The van der Waals surface area contributed by atoms with E-state index in [2.05, 4.69) is 0 Å². The fourth-order valence-corrected chi connectivity index (χ4v) is 5.84. The summed E-state index contributed by atoms with van der Waals surface area (Å²) in [4.78, 5) is 49.4. The second-order valence-corrected chi connectivity index (χ2v) is 11.4. The van der Waals surface area contributed by atoms with E-state index in [1.165, 1.54) is 0 Å². The molecular weight excluding hydrogens is 560 g/mol. The molecule has 3 rings (SSSR count).